The minimum Gasteiger partial charge on any atom is -0.480 e. The molecule has 1 aromatic rings. The monoisotopic (exact) mass is 509 g/mol. The number of carboxylic acids is 1. The van der Waals surface area contributed by atoms with E-state index in [-0.39, 0.29) is 37.6 Å². The molecular formula is C26H39NO9. The van der Waals surface area contributed by atoms with Crippen LogP contribution >= 0.6 is 0 Å². The number of aliphatic carboxylic acids is 1. The predicted octanol–water partition coefficient (Wildman–Crippen LogP) is 4.43. The number of rotatable bonds is 15. The Hall–Kier alpha value is -3.14. The van der Waals surface area contributed by atoms with E-state index in [1.165, 1.54) is 12.1 Å². The zero-order valence-corrected chi connectivity index (χ0v) is 21.8. The SMILES string of the molecule is CCCC(=O)Oc1ccc(C(C(C)COC(=O)OCCC(C)C)[C@H](N)C(=O)O)cc1OC(=O)CCC. The maximum Gasteiger partial charge on any atom is 0.508 e. The van der Waals surface area contributed by atoms with Crippen molar-refractivity contribution in [2.45, 2.75) is 78.7 Å². The van der Waals surface area contributed by atoms with Gasteiger partial charge in [-0.25, -0.2) is 4.79 Å². The Morgan fingerprint density at radius 3 is 2.03 bits per heavy atom. The summed E-state index contributed by atoms with van der Waals surface area (Å²) in [5.41, 5.74) is 6.43. The molecule has 1 aromatic carbocycles. The van der Waals surface area contributed by atoms with E-state index in [4.69, 9.17) is 24.7 Å². The second-order valence-electron chi connectivity index (χ2n) is 9.11. The van der Waals surface area contributed by atoms with Gasteiger partial charge >= 0.3 is 24.1 Å². The quantitative estimate of drug-likeness (QED) is 0.256. The summed E-state index contributed by atoms with van der Waals surface area (Å²) in [6.45, 7) is 9.40. The van der Waals surface area contributed by atoms with Crippen molar-refractivity contribution in [2.75, 3.05) is 13.2 Å². The Labute approximate surface area is 212 Å². The Bertz CT molecular complexity index is 884. The van der Waals surface area contributed by atoms with E-state index in [1.807, 2.05) is 27.7 Å². The summed E-state index contributed by atoms with van der Waals surface area (Å²) in [7, 11) is 0. The van der Waals surface area contributed by atoms with Gasteiger partial charge in [-0.05, 0) is 48.8 Å². The Balaban J connectivity index is 3.19. The molecule has 0 amide bonds. The van der Waals surface area contributed by atoms with Gasteiger partial charge in [-0.2, -0.15) is 0 Å². The Morgan fingerprint density at radius 1 is 0.917 bits per heavy atom. The van der Waals surface area contributed by atoms with E-state index in [1.54, 1.807) is 13.0 Å². The first kappa shape index (κ1) is 30.9. The van der Waals surface area contributed by atoms with Crippen LogP contribution in [-0.2, 0) is 23.9 Å². The second kappa shape index (κ2) is 15.8. The zero-order chi connectivity index (χ0) is 27.3. The molecule has 3 N–H and O–H groups in total. The summed E-state index contributed by atoms with van der Waals surface area (Å²) < 4.78 is 21.0. The fourth-order valence-electron chi connectivity index (χ4n) is 3.42. The van der Waals surface area contributed by atoms with Crippen molar-refractivity contribution in [3.63, 3.8) is 0 Å². The van der Waals surface area contributed by atoms with Crippen LogP contribution in [0.4, 0.5) is 4.79 Å². The number of carboxylic acid groups (broad SMARTS) is 1. The van der Waals surface area contributed by atoms with Gasteiger partial charge in [0.2, 0.25) is 0 Å². The summed E-state index contributed by atoms with van der Waals surface area (Å²) in [5, 5.41) is 9.61. The van der Waals surface area contributed by atoms with Gasteiger partial charge in [0, 0.05) is 18.8 Å². The number of ether oxygens (including phenoxy) is 4. The number of benzene rings is 1. The van der Waals surface area contributed by atoms with Crippen molar-refractivity contribution in [1.29, 1.82) is 0 Å². The third kappa shape index (κ3) is 10.6. The highest BCUT2D eigenvalue weighted by Crippen LogP contribution is 2.36. The van der Waals surface area contributed by atoms with Crippen molar-refractivity contribution in [3.8, 4) is 11.5 Å². The van der Waals surface area contributed by atoms with E-state index in [0.29, 0.717) is 30.7 Å². The van der Waals surface area contributed by atoms with Gasteiger partial charge in [0.15, 0.2) is 11.5 Å². The number of hydrogen-bond acceptors (Lipinski definition) is 9. The van der Waals surface area contributed by atoms with Crippen molar-refractivity contribution in [1.82, 2.24) is 0 Å². The molecular weight excluding hydrogens is 470 g/mol. The van der Waals surface area contributed by atoms with Crippen molar-refractivity contribution < 1.29 is 43.2 Å². The number of hydrogen-bond donors (Lipinski definition) is 2. The average molecular weight is 510 g/mol. The number of carbonyl (C=O) groups is 4. The molecule has 1 rings (SSSR count). The summed E-state index contributed by atoms with van der Waals surface area (Å²) in [6.07, 6.45) is 1.29. The van der Waals surface area contributed by atoms with Gasteiger partial charge in [-0.1, -0.05) is 40.7 Å². The third-order valence-corrected chi connectivity index (χ3v) is 5.37. The molecule has 0 spiro atoms. The standard InChI is InChI=1S/C26H39NO9/c1-6-8-21(28)35-19-11-10-18(14-20(19)36-22(29)9-7-2)23(24(27)25(30)31)17(5)15-34-26(32)33-13-12-16(3)4/h10-11,14,16-17,23-24H,6-9,12-13,15,27H2,1-5H3,(H,30,31)/t17?,23?,24-/m0/s1. The van der Waals surface area contributed by atoms with Crippen LogP contribution < -0.4 is 15.2 Å². The molecule has 0 aliphatic heterocycles. The highest BCUT2D eigenvalue weighted by Gasteiger charge is 2.33. The zero-order valence-electron chi connectivity index (χ0n) is 21.8. The summed E-state index contributed by atoms with van der Waals surface area (Å²) in [4.78, 5) is 47.9. The molecule has 0 heterocycles. The summed E-state index contributed by atoms with van der Waals surface area (Å²) in [6, 6.07) is 3.07. The predicted molar refractivity (Wildman–Crippen MR) is 132 cm³/mol. The molecule has 0 bridgehead atoms. The topological polar surface area (TPSA) is 151 Å². The molecule has 0 aliphatic carbocycles. The first-order valence-electron chi connectivity index (χ1n) is 12.3. The molecule has 0 radical (unpaired) electrons. The molecule has 10 heteroatoms. The van der Waals surface area contributed by atoms with E-state index in [0.717, 1.165) is 0 Å². The maximum atomic E-state index is 12.2. The largest absolute Gasteiger partial charge is 0.508 e. The minimum atomic E-state index is -1.35. The van der Waals surface area contributed by atoms with Gasteiger partial charge < -0.3 is 29.8 Å². The summed E-state index contributed by atoms with van der Waals surface area (Å²) in [5.74, 6) is -3.25. The minimum absolute atomic E-state index is 0.0146. The van der Waals surface area contributed by atoms with Crippen LogP contribution in [0.1, 0.15) is 78.2 Å². The Morgan fingerprint density at radius 2 is 1.50 bits per heavy atom. The molecule has 10 nitrogen and oxygen atoms in total. The van der Waals surface area contributed by atoms with Gasteiger partial charge in [-0.3, -0.25) is 14.4 Å². The van der Waals surface area contributed by atoms with Gasteiger partial charge in [0.05, 0.1) is 13.2 Å². The highest BCUT2D eigenvalue weighted by atomic mass is 16.7. The van der Waals surface area contributed by atoms with Crippen molar-refractivity contribution in [2.24, 2.45) is 17.6 Å². The molecule has 0 saturated carbocycles. The fourth-order valence-corrected chi connectivity index (χ4v) is 3.42. The van der Waals surface area contributed by atoms with E-state index in [9.17, 15) is 24.3 Å². The number of nitrogens with two attached hydrogens (primary N) is 1. The van der Waals surface area contributed by atoms with Crippen LogP contribution in [-0.4, -0.2) is 48.4 Å². The molecule has 0 aliphatic rings. The van der Waals surface area contributed by atoms with E-state index in [2.05, 4.69) is 0 Å². The maximum absolute atomic E-state index is 12.2. The van der Waals surface area contributed by atoms with Gasteiger partial charge in [-0.15, -0.1) is 0 Å². The molecule has 36 heavy (non-hydrogen) atoms. The smallest absolute Gasteiger partial charge is 0.480 e. The lowest BCUT2D eigenvalue weighted by atomic mass is 9.82. The summed E-state index contributed by atoms with van der Waals surface area (Å²) >= 11 is 0. The van der Waals surface area contributed by atoms with Gasteiger partial charge in [0.25, 0.3) is 0 Å². The van der Waals surface area contributed by atoms with Crippen LogP contribution in [0.15, 0.2) is 18.2 Å². The highest BCUT2D eigenvalue weighted by molar-refractivity contribution is 5.77. The second-order valence-corrected chi connectivity index (χ2v) is 9.11. The average Bonchev–Trinajstić information content (AvgIpc) is 2.79. The van der Waals surface area contributed by atoms with Crippen LogP contribution in [0, 0.1) is 11.8 Å². The number of esters is 2. The first-order valence-corrected chi connectivity index (χ1v) is 12.3. The van der Waals surface area contributed by atoms with E-state index >= 15 is 0 Å². The Kier molecular flexibility index (Phi) is 13.5. The van der Waals surface area contributed by atoms with Crippen LogP contribution in [0.2, 0.25) is 0 Å². The van der Waals surface area contributed by atoms with Crippen molar-refractivity contribution >= 4 is 24.1 Å². The third-order valence-electron chi connectivity index (χ3n) is 5.37. The number of carbonyl (C=O) groups excluding carboxylic acids is 3. The van der Waals surface area contributed by atoms with Crippen LogP contribution in [0.3, 0.4) is 0 Å². The molecule has 0 aromatic heterocycles. The molecule has 202 valence electrons. The van der Waals surface area contributed by atoms with E-state index < -0.39 is 41.9 Å². The normalized spacial score (nSPS) is 13.4. The lowest BCUT2D eigenvalue weighted by molar-refractivity contribution is -0.139. The molecule has 0 fully saturated rings. The molecule has 2 unspecified atom stereocenters. The fraction of sp³-hybridized carbons (Fsp3) is 0.615. The molecule has 0 saturated heterocycles. The van der Waals surface area contributed by atoms with Gasteiger partial charge in [0.1, 0.15) is 6.04 Å². The lowest BCUT2D eigenvalue weighted by Gasteiger charge is -2.28. The first-order chi connectivity index (χ1) is 17.0. The van der Waals surface area contributed by atoms with Crippen LogP contribution in [0.5, 0.6) is 11.5 Å². The molecule has 3 atom stereocenters. The van der Waals surface area contributed by atoms with Crippen LogP contribution in [0.25, 0.3) is 0 Å². The van der Waals surface area contributed by atoms with Crippen molar-refractivity contribution in [3.05, 3.63) is 23.8 Å². The lowest BCUT2D eigenvalue weighted by Crippen LogP contribution is -2.40.